The van der Waals surface area contributed by atoms with E-state index in [4.69, 9.17) is 16.3 Å². The molecule has 1 aliphatic heterocycles. The molecule has 0 fully saturated rings. The quantitative estimate of drug-likeness (QED) is 0.838. The van der Waals surface area contributed by atoms with E-state index in [0.717, 1.165) is 21.6 Å². The summed E-state index contributed by atoms with van der Waals surface area (Å²) in [6.45, 7) is 0.446. The fourth-order valence-corrected chi connectivity index (χ4v) is 2.69. The van der Waals surface area contributed by atoms with Crippen molar-refractivity contribution in [1.82, 2.24) is 4.90 Å². The summed E-state index contributed by atoms with van der Waals surface area (Å²) in [4.78, 5) is 12.2. The van der Waals surface area contributed by atoms with E-state index in [1.165, 1.54) is 0 Å². The molecule has 0 radical (unpaired) electrons. The van der Waals surface area contributed by atoms with Gasteiger partial charge in [-0.1, -0.05) is 17.7 Å². The Morgan fingerprint density at radius 3 is 2.38 bits per heavy atom. The molecule has 21 heavy (non-hydrogen) atoms. The SMILES string of the molecule is COCc1cc2c(cc1Cl)CCN(C(=O)C(F)(F)F)CC2. The zero-order valence-corrected chi connectivity index (χ0v) is 12.2. The molecule has 0 N–H and O–H groups in total. The van der Waals surface area contributed by atoms with Gasteiger partial charge in [-0.25, -0.2) is 0 Å². The highest BCUT2D eigenvalue weighted by Gasteiger charge is 2.42. The third kappa shape index (κ3) is 3.68. The molecule has 0 aromatic heterocycles. The van der Waals surface area contributed by atoms with Crippen molar-refractivity contribution in [3.8, 4) is 0 Å². The van der Waals surface area contributed by atoms with Gasteiger partial charge in [0.25, 0.3) is 0 Å². The number of halogens is 4. The third-order valence-electron chi connectivity index (χ3n) is 3.50. The number of carbonyl (C=O) groups is 1. The summed E-state index contributed by atoms with van der Waals surface area (Å²) in [5.74, 6) is -1.78. The third-order valence-corrected chi connectivity index (χ3v) is 3.85. The van der Waals surface area contributed by atoms with Gasteiger partial charge in [-0.3, -0.25) is 4.79 Å². The fourth-order valence-electron chi connectivity index (χ4n) is 2.45. The summed E-state index contributed by atoms with van der Waals surface area (Å²) < 4.78 is 42.5. The summed E-state index contributed by atoms with van der Waals surface area (Å²) in [5, 5.41) is 0.534. The van der Waals surface area contributed by atoms with E-state index in [2.05, 4.69) is 0 Å². The van der Waals surface area contributed by atoms with Crippen molar-refractivity contribution in [2.45, 2.75) is 25.6 Å². The van der Waals surface area contributed by atoms with Crippen LogP contribution in [-0.2, 0) is 29.0 Å². The molecule has 116 valence electrons. The summed E-state index contributed by atoms with van der Waals surface area (Å²) >= 11 is 6.12. The van der Waals surface area contributed by atoms with Crippen LogP contribution in [0.4, 0.5) is 13.2 Å². The van der Waals surface area contributed by atoms with Crippen LogP contribution in [0.5, 0.6) is 0 Å². The van der Waals surface area contributed by atoms with Gasteiger partial charge in [0, 0.05) is 25.2 Å². The lowest BCUT2D eigenvalue weighted by Crippen LogP contribution is -2.42. The molecular weight excluding hydrogens is 307 g/mol. The summed E-state index contributed by atoms with van der Waals surface area (Å²) in [5.41, 5.74) is 2.61. The number of benzene rings is 1. The Hall–Kier alpha value is -1.27. The molecule has 0 saturated carbocycles. The Balaban J connectivity index is 2.19. The number of carbonyl (C=O) groups excluding carboxylic acids is 1. The number of amides is 1. The molecule has 0 spiro atoms. The summed E-state index contributed by atoms with van der Waals surface area (Å²) in [7, 11) is 1.55. The topological polar surface area (TPSA) is 29.5 Å². The molecule has 1 aliphatic rings. The van der Waals surface area contributed by atoms with E-state index in [0.29, 0.717) is 24.5 Å². The predicted octanol–water partition coefficient (Wildman–Crippen LogP) is 2.98. The maximum absolute atomic E-state index is 12.5. The van der Waals surface area contributed by atoms with E-state index >= 15 is 0 Å². The monoisotopic (exact) mass is 321 g/mol. The predicted molar refractivity (Wildman–Crippen MR) is 72.2 cm³/mol. The molecule has 0 bridgehead atoms. The van der Waals surface area contributed by atoms with Crippen LogP contribution < -0.4 is 0 Å². The van der Waals surface area contributed by atoms with Crippen molar-refractivity contribution in [3.63, 3.8) is 0 Å². The second kappa shape index (κ2) is 6.23. The summed E-state index contributed by atoms with van der Waals surface area (Å²) in [6.07, 6.45) is -4.08. The second-order valence-electron chi connectivity index (χ2n) is 4.94. The number of hydrogen-bond donors (Lipinski definition) is 0. The van der Waals surface area contributed by atoms with Gasteiger partial charge in [-0.05, 0) is 35.6 Å². The van der Waals surface area contributed by atoms with Crippen LogP contribution in [0.25, 0.3) is 0 Å². The van der Waals surface area contributed by atoms with Crippen molar-refractivity contribution < 1.29 is 22.7 Å². The van der Waals surface area contributed by atoms with E-state index in [1.54, 1.807) is 13.2 Å². The van der Waals surface area contributed by atoms with Crippen LogP contribution in [0.3, 0.4) is 0 Å². The van der Waals surface area contributed by atoms with Crippen molar-refractivity contribution in [2.24, 2.45) is 0 Å². The van der Waals surface area contributed by atoms with Crippen LogP contribution in [0, 0.1) is 0 Å². The van der Waals surface area contributed by atoms with Crippen molar-refractivity contribution in [2.75, 3.05) is 20.2 Å². The average molecular weight is 322 g/mol. The molecule has 3 nitrogen and oxygen atoms in total. The molecule has 1 aromatic rings. The smallest absolute Gasteiger partial charge is 0.380 e. The lowest BCUT2D eigenvalue weighted by Gasteiger charge is -2.21. The maximum atomic E-state index is 12.5. The van der Waals surface area contributed by atoms with Crippen LogP contribution in [0.2, 0.25) is 5.02 Å². The summed E-state index contributed by atoms with van der Waals surface area (Å²) in [6, 6.07) is 3.61. The Bertz CT molecular complexity index is 546. The fraction of sp³-hybridized carbons (Fsp3) is 0.500. The molecule has 1 aromatic carbocycles. The van der Waals surface area contributed by atoms with Gasteiger partial charge in [0.05, 0.1) is 6.61 Å². The first kappa shape index (κ1) is 16.1. The van der Waals surface area contributed by atoms with Crippen molar-refractivity contribution >= 4 is 17.5 Å². The average Bonchev–Trinajstić information content (AvgIpc) is 2.60. The van der Waals surface area contributed by atoms with Crippen LogP contribution in [0.15, 0.2) is 12.1 Å². The van der Waals surface area contributed by atoms with Crippen molar-refractivity contribution in [1.29, 1.82) is 0 Å². The van der Waals surface area contributed by atoms with Gasteiger partial charge in [-0.2, -0.15) is 13.2 Å². The zero-order valence-electron chi connectivity index (χ0n) is 11.5. The highest BCUT2D eigenvalue weighted by atomic mass is 35.5. The first-order valence-corrected chi connectivity index (χ1v) is 6.86. The molecular formula is C14H15ClF3NO2. The largest absolute Gasteiger partial charge is 0.471 e. The Kier molecular flexibility index (Phi) is 4.78. The van der Waals surface area contributed by atoms with Gasteiger partial charge in [0.2, 0.25) is 0 Å². The minimum Gasteiger partial charge on any atom is -0.380 e. The van der Waals surface area contributed by atoms with Crippen LogP contribution >= 0.6 is 11.6 Å². The number of fused-ring (bicyclic) bond motifs is 1. The van der Waals surface area contributed by atoms with E-state index in [1.807, 2.05) is 6.07 Å². The Morgan fingerprint density at radius 1 is 1.29 bits per heavy atom. The minimum absolute atomic E-state index is 0.0469. The molecule has 0 atom stereocenters. The molecule has 1 heterocycles. The number of hydrogen-bond acceptors (Lipinski definition) is 2. The molecule has 2 rings (SSSR count). The van der Waals surface area contributed by atoms with Crippen molar-refractivity contribution in [3.05, 3.63) is 33.8 Å². The molecule has 0 aliphatic carbocycles. The molecule has 0 saturated heterocycles. The van der Waals surface area contributed by atoms with Gasteiger partial charge >= 0.3 is 12.1 Å². The first-order valence-electron chi connectivity index (χ1n) is 6.48. The lowest BCUT2D eigenvalue weighted by atomic mass is 10.0. The number of ether oxygens (including phenoxy) is 1. The second-order valence-corrected chi connectivity index (χ2v) is 5.34. The lowest BCUT2D eigenvalue weighted by molar-refractivity contribution is -0.185. The highest BCUT2D eigenvalue weighted by Crippen LogP contribution is 2.27. The van der Waals surface area contributed by atoms with E-state index < -0.39 is 12.1 Å². The number of methoxy groups -OCH3 is 1. The normalized spacial score (nSPS) is 15.6. The number of alkyl halides is 3. The van der Waals surface area contributed by atoms with Gasteiger partial charge in [-0.15, -0.1) is 0 Å². The Labute approximate surface area is 125 Å². The molecule has 1 amide bonds. The molecule has 7 heteroatoms. The van der Waals surface area contributed by atoms with Gasteiger partial charge in [0.1, 0.15) is 0 Å². The van der Waals surface area contributed by atoms with Crippen LogP contribution in [0.1, 0.15) is 16.7 Å². The molecule has 0 unspecified atom stereocenters. The first-order chi connectivity index (χ1) is 9.82. The maximum Gasteiger partial charge on any atom is 0.471 e. The number of nitrogens with zero attached hydrogens (tertiary/aromatic N) is 1. The Morgan fingerprint density at radius 2 is 1.86 bits per heavy atom. The van der Waals surface area contributed by atoms with E-state index in [-0.39, 0.29) is 13.1 Å². The standard InChI is InChI=1S/C14H15ClF3NO2/c1-21-8-11-6-9-2-4-19(13(20)14(16,17)18)5-3-10(9)7-12(11)15/h6-7H,2-5,8H2,1H3. The minimum atomic E-state index is -4.82. The van der Waals surface area contributed by atoms with Gasteiger partial charge < -0.3 is 9.64 Å². The van der Waals surface area contributed by atoms with E-state index in [9.17, 15) is 18.0 Å². The zero-order chi connectivity index (χ0) is 15.6. The number of rotatable bonds is 2. The van der Waals surface area contributed by atoms with Crippen LogP contribution in [-0.4, -0.2) is 37.2 Å². The highest BCUT2D eigenvalue weighted by molar-refractivity contribution is 6.31. The van der Waals surface area contributed by atoms with Gasteiger partial charge in [0.15, 0.2) is 0 Å².